The van der Waals surface area contributed by atoms with Crippen molar-refractivity contribution in [1.29, 1.82) is 0 Å². The zero-order chi connectivity index (χ0) is 10.0. The summed E-state index contributed by atoms with van der Waals surface area (Å²) in [6.45, 7) is 6.90. The molecule has 1 N–H and O–H groups in total. The van der Waals surface area contributed by atoms with Crippen LogP contribution in [-0.4, -0.2) is 13.1 Å². The van der Waals surface area contributed by atoms with Gasteiger partial charge >= 0.3 is 0 Å². The van der Waals surface area contributed by atoms with Crippen molar-refractivity contribution in [2.24, 2.45) is 0 Å². The van der Waals surface area contributed by atoms with Crippen LogP contribution < -0.4 is 5.32 Å². The molecular formula is C13H19N. The van der Waals surface area contributed by atoms with E-state index in [0.29, 0.717) is 5.41 Å². The van der Waals surface area contributed by atoms with Crippen LogP contribution in [0.5, 0.6) is 0 Å². The number of nitrogens with one attached hydrogen (secondary N) is 1. The van der Waals surface area contributed by atoms with Crippen molar-refractivity contribution in [2.75, 3.05) is 13.1 Å². The topological polar surface area (TPSA) is 12.0 Å². The summed E-state index contributed by atoms with van der Waals surface area (Å²) in [5.41, 5.74) is 3.30. The van der Waals surface area contributed by atoms with Crippen LogP contribution in [0.1, 0.15) is 30.9 Å². The highest BCUT2D eigenvalue weighted by molar-refractivity contribution is 5.33. The predicted octanol–water partition coefficient (Wildman–Crippen LogP) is 2.64. The van der Waals surface area contributed by atoms with E-state index in [1.165, 1.54) is 30.5 Å². The highest BCUT2D eigenvalue weighted by Gasteiger charge is 2.29. The molecule has 0 aliphatic carbocycles. The van der Waals surface area contributed by atoms with Crippen LogP contribution in [0, 0.1) is 6.92 Å². The van der Waals surface area contributed by atoms with Crippen LogP contribution in [0.2, 0.25) is 0 Å². The number of rotatable bonds is 1. The Morgan fingerprint density at radius 2 is 2.07 bits per heavy atom. The van der Waals surface area contributed by atoms with E-state index >= 15 is 0 Å². The minimum atomic E-state index is 0.351. The zero-order valence-corrected chi connectivity index (χ0v) is 9.14. The van der Waals surface area contributed by atoms with Crippen molar-refractivity contribution in [1.82, 2.24) is 5.32 Å². The maximum absolute atomic E-state index is 3.50. The van der Waals surface area contributed by atoms with Gasteiger partial charge in [0, 0.05) is 12.0 Å². The maximum atomic E-state index is 3.50. The van der Waals surface area contributed by atoms with Gasteiger partial charge < -0.3 is 5.32 Å². The molecule has 0 amide bonds. The summed E-state index contributed by atoms with van der Waals surface area (Å²) in [5.74, 6) is 0. The minimum absolute atomic E-state index is 0.351. The van der Waals surface area contributed by atoms with E-state index in [9.17, 15) is 0 Å². The first-order valence-electron chi connectivity index (χ1n) is 5.49. The molecular weight excluding hydrogens is 170 g/mol. The Morgan fingerprint density at radius 3 is 2.71 bits per heavy atom. The highest BCUT2D eigenvalue weighted by Crippen LogP contribution is 2.32. The van der Waals surface area contributed by atoms with E-state index in [4.69, 9.17) is 0 Å². The number of hydrogen-bond donors (Lipinski definition) is 1. The summed E-state index contributed by atoms with van der Waals surface area (Å²) in [4.78, 5) is 0. The van der Waals surface area contributed by atoms with Crippen molar-refractivity contribution < 1.29 is 0 Å². The molecule has 2 rings (SSSR count). The second kappa shape index (κ2) is 3.74. The minimum Gasteiger partial charge on any atom is -0.316 e. The summed E-state index contributed by atoms with van der Waals surface area (Å²) in [6, 6.07) is 8.78. The summed E-state index contributed by atoms with van der Waals surface area (Å²) in [5, 5.41) is 3.50. The first-order valence-corrected chi connectivity index (χ1v) is 5.49. The lowest BCUT2D eigenvalue weighted by Gasteiger charge is -2.35. The smallest absolute Gasteiger partial charge is 0.00526 e. The molecule has 1 unspecified atom stereocenters. The number of aryl methyl sites for hydroxylation is 1. The van der Waals surface area contributed by atoms with Gasteiger partial charge in [-0.15, -0.1) is 0 Å². The molecule has 0 aromatic heterocycles. The molecule has 1 heteroatoms. The van der Waals surface area contributed by atoms with Gasteiger partial charge in [0.05, 0.1) is 0 Å². The summed E-state index contributed by atoms with van der Waals surface area (Å²) >= 11 is 0. The quantitative estimate of drug-likeness (QED) is 0.716. The molecule has 1 aromatic rings. The molecule has 1 heterocycles. The maximum Gasteiger partial charge on any atom is 0.00526 e. The Kier molecular flexibility index (Phi) is 2.60. The Labute approximate surface area is 86.5 Å². The monoisotopic (exact) mass is 189 g/mol. The lowest BCUT2D eigenvalue weighted by atomic mass is 9.75. The van der Waals surface area contributed by atoms with Crippen molar-refractivity contribution in [3.8, 4) is 0 Å². The fraction of sp³-hybridized carbons (Fsp3) is 0.538. The Balaban J connectivity index is 2.32. The summed E-state index contributed by atoms with van der Waals surface area (Å²) in [6.07, 6.45) is 2.61. The van der Waals surface area contributed by atoms with E-state index in [1.807, 2.05) is 0 Å². The van der Waals surface area contributed by atoms with Gasteiger partial charge in [0.15, 0.2) is 0 Å². The van der Waals surface area contributed by atoms with Crippen molar-refractivity contribution >= 4 is 0 Å². The second-order valence-corrected chi connectivity index (χ2v) is 4.66. The third-order valence-corrected chi connectivity index (χ3v) is 3.39. The Bertz CT molecular complexity index is 311. The van der Waals surface area contributed by atoms with Crippen LogP contribution in [0.15, 0.2) is 24.3 Å². The van der Waals surface area contributed by atoms with Gasteiger partial charge in [-0.3, -0.25) is 0 Å². The first kappa shape index (κ1) is 9.72. The SMILES string of the molecule is Cc1ccccc1C1(C)CCCNC1. The van der Waals surface area contributed by atoms with Crippen molar-refractivity contribution in [3.63, 3.8) is 0 Å². The molecule has 0 bridgehead atoms. The number of piperidine rings is 1. The summed E-state index contributed by atoms with van der Waals surface area (Å²) in [7, 11) is 0. The molecule has 1 aromatic carbocycles. The largest absolute Gasteiger partial charge is 0.316 e. The molecule has 1 atom stereocenters. The van der Waals surface area contributed by atoms with Crippen LogP contribution in [-0.2, 0) is 5.41 Å². The average Bonchev–Trinajstić information content (AvgIpc) is 2.19. The molecule has 0 spiro atoms. The van der Waals surface area contributed by atoms with E-state index < -0.39 is 0 Å². The second-order valence-electron chi connectivity index (χ2n) is 4.66. The molecule has 1 fully saturated rings. The molecule has 1 aliphatic heterocycles. The van der Waals surface area contributed by atoms with Gasteiger partial charge in [0.25, 0.3) is 0 Å². The fourth-order valence-electron chi connectivity index (χ4n) is 2.54. The molecule has 14 heavy (non-hydrogen) atoms. The van der Waals surface area contributed by atoms with E-state index in [2.05, 4.69) is 43.4 Å². The van der Waals surface area contributed by atoms with Gasteiger partial charge in [-0.05, 0) is 37.4 Å². The van der Waals surface area contributed by atoms with Gasteiger partial charge in [0.1, 0.15) is 0 Å². The molecule has 0 saturated carbocycles. The van der Waals surface area contributed by atoms with Gasteiger partial charge in [-0.2, -0.15) is 0 Å². The van der Waals surface area contributed by atoms with Gasteiger partial charge in [-0.1, -0.05) is 31.2 Å². The van der Waals surface area contributed by atoms with Crippen LogP contribution in [0.4, 0.5) is 0 Å². The third-order valence-electron chi connectivity index (χ3n) is 3.39. The Hall–Kier alpha value is -0.820. The molecule has 1 nitrogen and oxygen atoms in total. The van der Waals surface area contributed by atoms with Crippen molar-refractivity contribution in [2.45, 2.75) is 32.1 Å². The van der Waals surface area contributed by atoms with E-state index in [-0.39, 0.29) is 0 Å². The fourth-order valence-corrected chi connectivity index (χ4v) is 2.54. The van der Waals surface area contributed by atoms with Crippen LogP contribution in [0.3, 0.4) is 0 Å². The Morgan fingerprint density at radius 1 is 1.29 bits per heavy atom. The summed E-state index contributed by atoms with van der Waals surface area (Å²) < 4.78 is 0. The average molecular weight is 189 g/mol. The van der Waals surface area contributed by atoms with E-state index in [1.54, 1.807) is 0 Å². The molecule has 76 valence electrons. The van der Waals surface area contributed by atoms with Crippen LogP contribution >= 0.6 is 0 Å². The standard InChI is InChI=1S/C13H19N/c1-11-6-3-4-7-12(11)13(2)8-5-9-14-10-13/h3-4,6-7,14H,5,8-10H2,1-2H3. The zero-order valence-electron chi connectivity index (χ0n) is 9.14. The number of hydrogen-bond acceptors (Lipinski definition) is 1. The van der Waals surface area contributed by atoms with Gasteiger partial charge in [0.2, 0.25) is 0 Å². The molecule has 1 aliphatic rings. The number of benzene rings is 1. The third kappa shape index (κ3) is 1.69. The lowest BCUT2D eigenvalue weighted by molar-refractivity contribution is 0.338. The first-order chi connectivity index (χ1) is 6.72. The van der Waals surface area contributed by atoms with E-state index in [0.717, 1.165) is 6.54 Å². The predicted molar refractivity (Wildman–Crippen MR) is 60.6 cm³/mol. The molecule has 0 radical (unpaired) electrons. The highest BCUT2D eigenvalue weighted by atomic mass is 14.9. The lowest BCUT2D eigenvalue weighted by Crippen LogP contribution is -2.41. The normalized spacial score (nSPS) is 27.6. The molecule has 1 saturated heterocycles. The van der Waals surface area contributed by atoms with Crippen molar-refractivity contribution in [3.05, 3.63) is 35.4 Å². The van der Waals surface area contributed by atoms with Gasteiger partial charge in [-0.25, -0.2) is 0 Å². The van der Waals surface area contributed by atoms with Crippen LogP contribution in [0.25, 0.3) is 0 Å².